The van der Waals surface area contributed by atoms with Crippen molar-refractivity contribution in [1.82, 2.24) is 4.90 Å². The summed E-state index contributed by atoms with van der Waals surface area (Å²) in [6.07, 6.45) is 0. The number of rotatable bonds is 5. The molecule has 0 aliphatic carbocycles. The van der Waals surface area contributed by atoms with E-state index in [0.29, 0.717) is 11.1 Å². The van der Waals surface area contributed by atoms with Crippen molar-refractivity contribution in [3.05, 3.63) is 48.0 Å². The minimum atomic E-state index is -1.15. The van der Waals surface area contributed by atoms with E-state index in [1.54, 1.807) is 37.3 Å². The van der Waals surface area contributed by atoms with E-state index in [2.05, 4.69) is 24.2 Å². The summed E-state index contributed by atoms with van der Waals surface area (Å²) in [5.41, 5.74) is 1.00. The fourth-order valence-corrected chi connectivity index (χ4v) is 3.65. The highest BCUT2D eigenvalue weighted by molar-refractivity contribution is 7.82. The van der Waals surface area contributed by atoms with E-state index < -0.39 is 35.3 Å². The molecule has 0 spiro atoms. The van der Waals surface area contributed by atoms with Crippen LogP contribution in [0, 0.1) is 0 Å². The minimum Gasteiger partial charge on any atom is -0.479 e. The Morgan fingerprint density at radius 1 is 1.33 bits per heavy atom. The van der Waals surface area contributed by atoms with Crippen LogP contribution in [0.3, 0.4) is 0 Å². The van der Waals surface area contributed by atoms with Gasteiger partial charge in [0.1, 0.15) is 0 Å². The normalized spacial score (nSPS) is 26.2. The highest BCUT2D eigenvalue weighted by atomic mass is 32.1. The average Bonchev–Trinajstić information content (AvgIpc) is 2.85. The van der Waals surface area contributed by atoms with Crippen LogP contribution >= 0.6 is 12.6 Å². The Morgan fingerprint density at radius 3 is 2.50 bits per heavy atom. The van der Waals surface area contributed by atoms with Crippen LogP contribution in [0.25, 0.3) is 0 Å². The first-order valence-electron chi connectivity index (χ1n) is 7.40. The summed E-state index contributed by atoms with van der Waals surface area (Å²) in [6.45, 7) is 5.21. The van der Waals surface area contributed by atoms with Crippen LogP contribution in [0.5, 0.6) is 0 Å². The number of carbonyl (C=O) groups is 3. The van der Waals surface area contributed by atoms with Crippen molar-refractivity contribution in [3.63, 3.8) is 0 Å². The molecular formula is C17H16N2O4S. The molecule has 1 aromatic carbocycles. The Balaban J connectivity index is 1.88. The number of nitrogens with zero attached hydrogens (tertiary/aromatic N) is 2. The number of hydrogen-bond acceptors (Lipinski definition) is 5. The molecule has 0 aromatic heterocycles. The number of ketones is 1. The highest BCUT2D eigenvalue weighted by Crippen LogP contribution is 2.38. The highest BCUT2D eigenvalue weighted by Gasteiger charge is 2.59. The lowest BCUT2D eigenvalue weighted by Crippen LogP contribution is -2.70. The van der Waals surface area contributed by atoms with Gasteiger partial charge in [0.15, 0.2) is 12.1 Å². The van der Waals surface area contributed by atoms with Gasteiger partial charge in [-0.3, -0.25) is 14.6 Å². The summed E-state index contributed by atoms with van der Waals surface area (Å²) >= 11 is 4.45. The molecule has 1 N–H and O–H groups in total. The molecule has 4 atom stereocenters. The number of fused-ring (bicyclic) bond motifs is 1. The summed E-state index contributed by atoms with van der Waals surface area (Å²) in [5.74, 6) is -1.86. The number of aliphatic imine (C=N–C) groups is 1. The number of thiol groups is 1. The average molecular weight is 344 g/mol. The zero-order valence-electron chi connectivity index (χ0n) is 12.9. The van der Waals surface area contributed by atoms with Gasteiger partial charge in [-0.1, -0.05) is 36.9 Å². The second-order valence-electron chi connectivity index (χ2n) is 5.92. The van der Waals surface area contributed by atoms with Crippen LogP contribution in [0.1, 0.15) is 17.3 Å². The number of β-lactam (4-membered cyclic amide) rings is 1. The van der Waals surface area contributed by atoms with Crippen molar-refractivity contribution in [2.75, 3.05) is 0 Å². The third-order valence-corrected chi connectivity index (χ3v) is 4.83. The lowest BCUT2D eigenvalue weighted by Gasteiger charge is -2.47. The molecule has 0 radical (unpaired) electrons. The predicted octanol–water partition coefficient (Wildman–Crippen LogP) is 1.23. The Labute approximate surface area is 144 Å². The minimum absolute atomic E-state index is 0.196. The third-order valence-electron chi connectivity index (χ3n) is 4.28. The van der Waals surface area contributed by atoms with Gasteiger partial charge < -0.3 is 10.0 Å². The standard InChI is InChI=1S/C17H16N2O4S/c1-8(2)12(17(22)23)19-13-10(16(19)21)18-11(15(13)24)14(20)9-6-4-3-5-7-9/h3-7,10,12-13,15,24H,1H2,2H3,(H,22,23). The largest absolute Gasteiger partial charge is 0.479 e. The number of hydrogen-bond donors (Lipinski definition) is 2. The smallest absolute Gasteiger partial charge is 0.330 e. The monoisotopic (exact) mass is 344 g/mol. The maximum absolute atomic E-state index is 12.6. The maximum Gasteiger partial charge on any atom is 0.330 e. The SMILES string of the molecule is C=C(C)C(C(=O)O)N1C(=O)C2N=C(C(=O)c3ccccc3)C(S)C21. The fraction of sp³-hybridized carbons (Fsp3) is 0.294. The summed E-state index contributed by atoms with van der Waals surface area (Å²) in [4.78, 5) is 41.8. The molecule has 4 unspecified atom stereocenters. The molecule has 124 valence electrons. The molecule has 2 aliphatic rings. The number of benzene rings is 1. The molecule has 1 aromatic rings. The Kier molecular flexibility index (Phi) is 4.04. The van der Waals surface area contributed by atoms with Gasteiger partial charge in [-0.15, -0.1) is 0 Å². The second-order valence-corrected chi connectivity index (χ2v) is 6.48. The molecule has 1 saturated heterocycles. The van der Waals surface area contributed by atoms with Crippen molar-refractivity contribution in [3.8, 4) is 0 Å². The number of carboxylic acid groups (broad SMARTS) is 1. The molecule has 0 bridgehead atoms. The molecule has 24 heavy (non-hydrogen) atoms. The molecule has 7 heteroatoms. The molecule has 0 saturated carbocycles. The van der Waals surface area contributed by atoms with E-state index in [1.165, 1.54) is 4.90 Å². The number of Topliss-reactive ketones (excluding diaryl/α,β-unsaturated/α-hetero) is 1. The summed E-state index contributed by atoms with van der Waals surface area (Å²) in [5, 5.41) is 8.75. The van der Waals surface area contributed by atoms with Crippen molar-refractivity contribution in [2.24, 2.45) is 4.99 Å². The number of carbonyl (C=O) groups excluding carboxylic acids is 2. The van der Waals surface area contributed by atoms with Gasteiger partial charge >= 0.3 is 5.97 Å². The first-order chi connectivity index (χ1) is 11.3. The number of likely N-dealkylation sites (tertiary alicyclic amines) is 1. The first-order valence-corrected chi connectivity index (χ1v) is 7.92. The van der Waals surface area contributed by atoms with Gasteiger partial charge in [-0.05, 0) is 12.5 Å². The van der Waals surface area contributed by atoms with Crippen LogP contribution < -0.4 is 0 Å². The molecule has 3 rings (SSSR count). The summed E-state index contributed by atoms with van der Waals surface area (Å²) in [6, 6.07) is 6.20. The third kappa shape index (κ3) is 2.36. The molecule has 2 heterocycles. The van der Waals surface area contributed by atoms with Gasteiger partial charge in [-0.25, -0.2) is 4.79 Å². The zero-order chi connectivity index (χ0) is 17.6. The Bertz CT molecular complexity index is 760. The number of amides is 1. The molecule has 1 amide bonds. The fourth-order valence-electron chi connectivity index (χ4n) is 3.16. The molecule has 2 aliphatic heterocycles. The van der Waals surface area contributed by atoms with Gasteiger partial charge in [0, 0.05) is 5.56 Å². The van der Waals surface area contributed by atoms with Crippen molar-refractivity contribution >= 4 is 36.0 Å². The van der Waals surface area contributed by atoms with Crippen molar-refractivity contribution < 1.29 is 19.5 Å². The van der Waals surface area contributed by atoms with E-state index in [4.69, 9.17) is 0 Å². The van der Waals surface area contributed by atoms with Crippen LogP contribution in [0.4, 0.5) is 0 Å². The number of aliphatic carboxylic acids is 1. The quantitative estimate of drug-likeness (QED) is 0.364. The second kappa shape index (κ2) is 5.90. The maximum atomic E-state index is 12.6. The lowest BCUT2D eigenvalue weighted by molar-refractivity contribution is -0.160. The number of carboxylic acids is 1. The van der Waals surface area contributed by atoms with Gasteiger partial charge in [0.2, 0.25) is 5.78 Å². The van der Waals surface area contributed by atoms with E-state index >= 15 is 0 Å². The topological polar surface area (TPSA) is 87.0 Å². The van der Waals surface area contributed by atoms with Gasteiger partial charge in [0.25, 0.3) is 5.91 Å². The van der Waals surface area contributed by atoms with Gasteiger partial charge in [-0.2, -0.15) is 12.6 Å². The van der Waals surface area contributed by atoms with Crippen LogP contribution in [-0.4, -0.2) is 56.8 Å². The van der Waals surface area contributed by atoms with E-state index in [1.807, 2.05) is 0 Å². The Hall–Kier alpha value is -2.41. The van der Waals surface area contributed by atoms with Gasteiger partial charge in [0.05, 0.1) is 17.0 Å². The molecule has 1 fully saturated rings. The van der Waals surface area contributed by atoms with Crippen LogP contribution in [-0.2, 0) is 9.59 Å². The predicted molar refractivity (Wildman–Crippen MR) is 91.6 cm³/mol. The van der Waals surface area contributed by atoms with Crippen LogP contribution in [0.15, 0.2) is 47.5 Å². The Morgan fingerprint density at radius 2 is 1.96 bits per heavy atom. The molecular weight excluding hydrogens is 328 g/mol. The molecule has 6 nitrogen and oxygen atoms in total. The van der Waals surface area contributed by atoms with Crippen molar-refractivity contribution in [2.45, 2.75) is 30.3 Å². The van der Waals surface area contributed by atoms with Crippen molar-refractivity contribution in [1.29, 1.82) is 0 Å². The lowest BCUT2D eigenvalue weighted by atomic mass is 9.89. The van der Waals surface area contributed by atoms with E-state index in [9.17, 15) is 19.5 Å². The zero-order valence-corrected chi connectivity index (χ0v) is 13.8. The van der Waals surface area contributed by atoms with E-state index in [0.717, 1.165) is 0 Å². The van der Waals surface area contributed by atoms with E-state index in [-0.39, 0.29) is 11.5 Å². The summed E-state index contributed by atoms with van der Waals surface area (Å²) < 4.78 is 0. The summed E-state index contributed by atoms with van der Waals surface area (Å²) in [7, 11) is 0. The first kappa shape index (κ1) is 16.4. The van der Waals surface area contributed by atoms with Crippen LogP contribution in [0.2, 0.25) is 0 Å².